The summed E-state index contributed by atoms with van der Waals surface area (Å²) in [4.78, 5) is 14.9. The molecule has 0 atom stereocenters. The third kappa shape index (κ3) is 2.53. The van der Waals surface area contributed by atoms with E-state index in [0.717, 1.165) is 26.9 Å². The van der Waals surface area contributed by atoms with Gasteiger partial charge in [0.05, 0.1) is 5.56 Å². The Morgan fingerprint density at radius 1 is 1.14 bits per heavy atom. The minimum atomic E-state index is 0.0775. The number of aryl methyl sites for hydroxylation is 2. The zero-order valence-electron chi connectivity index (χ0n) is 13.1. The fourth-order valence-corrected chi connectivity index (χ4v) is 3.66. The van der Waals surface area contributed by atoms with Crippen molar-refractivity contribution in [3.63, 3.8) is 0 Å². The quantitative estimate of drug-likeness (QED) is 0.652. The maximum atomic E-state index is 13.0. The largest absolute Gasteiger partial charge is 0.308 e. The molecule has 2 nitrogen and oxygen atoms in total. The van der Waals surface area contributed by atoms with E-state index in [-0.39, 0.29) is 5.91 Å². The molecule has 112 valence electrons. The molecule has 0 spiro atoms. The van der Waals surface area contributed by atoms with Crippen molar-refractivity contribution >= 4 is 33.0 Å². The fraction of sp³-hybridized carbons (Fsp3) is 0.211. The molecule has 0 fully saturated rings. The maximum Gasteiger partial charge on any atom is 0.259 e. The van der Waals surface area contributed by atoms with Crippen molar-refractivity contribution in [2.45, 2.75) is 20.8 Å². The molecular formula is C19H19NOS. The summed E-state index contributed by atoms with van der Waals surface area (Å²) in [5.41, 5.74) is 4.09. The van der Waals surface area contributed by atoms with E-state index in [2.05, 4.69) is 38.1 Å². The molecule has 0 bridgehead atoms. The van der Waals surface area contributed by atoms with E-state index in [4.69, 9.17) is 0 Å². The van der Waals surface area contributed by atoms with Crippen molar-refractivity contribution in [3.8, 4) is 0 Å². The number of thiophene rings is 1. The normalized spacial score (nSPS) is 10.9. The molecule has 3 rings (SSSR count). The summed E-state index contributed by atoms with van der Waals surface area (Å²) < 4.78 is 1.16. The Kier molecular flexibility index (Phi) is 3.99. The van der Waals surface area contributed by atoms with Crippen LogP contribution >= 0.6 is 11.3 Å². The zero-order valence-corrected chi connectivity index (χ0v) is 13.9. The molecule has 0 radical (unpaired) electrons. The Balaban J connectivity index is 2.07. The van der Waals surface area contributed by atoms with Crippen LogP contribution in [0.1, 0.15) is 28.4 Å². The second-order valence-electron chi connectivity index (χ2n) is 5.48. The number of nitrogens with zero attached hydrogens (tertiary/aromatic N) is 1. The van der Waals surface area contributed by atoms with Gasteiger partial charge < -0.3 is 4.90 Å². The van der Waals surface area contributed by atoms with Crippen LogP contribution in [0.25, 0.3) is 10.1 Å². The second kappa shape index (κ2) is 5.93. The molecule has 1 amide bonds. The van der Waals surface area contributed by atoms with Gasteiger partial charge in [0, 0.05) is 27.7 Å². The number of hydrogen-bond donors (Lipinski definition) is 0. The van der Waals surface area contributed by atoms with Crippen LogP contribution in [0.2, 0.25) is 0 Å². The van der Waals surface area contributed by atoms with E-state index in [1.54, 1.807) is 11.3 Å². The lowest BCUT2D eigenvalue weighted by Crippen LogP contribution is -2.31. The summed E-state index contributed by atoms with van der Waals surface area (Å²) in [6, 6.07) is 14.3. The number of fused-ring (bicyclic) bond motifs is 1. The molecule has 0 saturated carbocycles. The van der Waals surface area contributed by atoms with E-state index in [0.29, 0.717) is 6.54 Å². The van der Waals surface area contributed by atoms with E-state index in [1.165, 1.54) is 5.56 Å². The van der Waals surface area contributed by atoms with Crippen molar-refractivity contribution in [3.05, 3.63) is 64.5 Å². The summed E-state index contributed by atoms with van der Waals surface area (Å²) in [6.45, 7) is 6.79. The molecule has 22 heavy (non-hydrogen) atoms. The van der Waals surface area contributed by atoms with Crippen LogP contribution in [0.4, 0.5) is 5.69 Å². The maximum absolute atomic E-state index is 13.0. The number of rotatable bonds is 3. The third-order valence-electron chi connectivity index (χ3n) is 3.93. The SMILES string of the molecule is CCN(C(=O)c1csc2ccccc12)c1cc(C)ccc1C. The third-order valence-corrected chi connectivity index (χ3v) is 4.89. The van der Waals surface area contributed by atoms with Gasteiger partial charge in [-0.25, -0.2) is 0 Å². The summed E-state index contributed by atoms with van der Waals surface area (Å²) in [7, 11) is 0. The van der Waals surface area contributed by atoms with Crippen LogP contribution < -0.4 is 4.90 Å². The highest BCUT2D eigenvalue weighted by Crippen LogP contribution is 2.29. The Morgan fingerprint density at radius 3 is 2.68 bits per heavy atom. The highest BCUT2D eigenvalue weighted by molar-refractivity contribution is 7.17. The van der Waals surface area contributed by atoms with Crippen molar-refractivity contribution in [2.75, 3.05) is 11.4 Å². The average Bonchev–Trinajstić information content (AvgIpc) is 2.95. The lowest BCUT2D eigenvalue weighted by atomic mass is 10.1. The van der Waals surface area contributed by atoms with E-state index >= 15 is 0 Å². The van der Waals surface area contributed by atoms with Gasteiger partial charge in [0.1, 0.15) is 0 Å². The van der Waals surface area contributed by atoms with Crippen LogP contribution in [-0.4, -0.2) is 12.5 Å². The highest BCUT2D eigenvalue weighted by atomic mass is 32.1. The van der Waals surface area contributed by atoms with Gasteiger partial charge in [0.15, 0.2) is 0 Å². The molecule has 3 heteroatoms. The molecule has 1 aromatic heterocycles. The first-order valence-corrected chi connectivity index (χ1v) is 8.35. The monoisotopic (exact) mass is 309 g/mol. The number of carbonyl (C=O) groups excluding carboxylic acids is 1. The number of anilines is 1. The number of amides is 1. The zero-order chi connectivity index (χ0) is 15.7. The first-order valence-electron chi connectivity index (χ1n) is 7.47. The van der Waals surface area contributed by atoms with Gasteiger partial charge in [-0.15, -0.1) is 11.3 Å². The van der Waals surface area contributed by atoms with Crippen LogP contribution in [0.3, 0.4) is 0 Å². The summed E-state index contributed by atoms with van der Waals surface area (Å²) >= 11 is 1.63. The van der Waals surface area contributed by atoms with Gasteiger partial charge in [-0.2, -0.15) is 0 Å². The first-order chi connectivity index (χ1) is 10.6. The molecule has 0 N–H and O–H groups in total. The standard InChI is InChI=1S/C19H19NOS/c1-4-20(17-11-13(2)9-10-14(17)3)19(21)16-12-22-18-8-6-5-7-15(16)18/h5-12H,4H2,1-3H3. The Bertz CT molecular complexity index is 834. The minimum Gasteiger partial charge on any atom is -0.308 e. The van der Waals surface area contributed by atoms with Gasteiger partial charge in [0.2, 0.25) is 0 Å². The smallest absolute Gasteiger partial charge is 0.259 e. The van der Waals surface area contributed by atoms with E-state index < -0.39 is 0 Å². The molecule has 0 unspecified atom stereocenters. The number of carbonyl (C=O) groups is 1. The van der Waals surface area contributed by atoms with Gasteiger partial charge in [-0.05, 0) is 44.0 Å². The lowest BCUT2D eigenvalue weighted by Gasteiger charge is -2.23. The summed E-state index contributed by atoms with van der Waals surface area (Å²) in [5.74, 6) is 0.0775. The summed E-state index contributed by atoms with van der Waals surface area (Å²) in [6.07, 6.45) is 0. The van der Waals surface area contributed by atoms with Gasteiger partial charge >= 0.3 is 0 Å². The highest BCUT2D eigenvalue weighted by Gasteiger charge is 2.20. The van der Waals surface area contributed by atoms with Crippen LogP contribution in [0, 0.1) is 13.8 Å². The van der Waals surface area contributed by atoms with Crippen LogP contribution in [0.5, 0.6) is 0 Å². The predicted octanol–water partition coefficient (Wildman–Crippen LogP) is 5.18. The van der Waals surface area contributed by atoms with Gasteiger partial charge in [-0.1, -0.05) is 30.3 Å². The topological polar surface area (TPSA) is 20.3 Å². The van der Waals surface area contributed by atoms with Crippen molar-refractivity contribution in [1.29, 1.82) is 0 Å². The fourth-order valence-electron chi connectivity index (χ4n) is 2.72. The Hall–Kier alpha value is -2.13. The minimum absolute atomic E-state index is 0.0775. The Labute approximate surface area is 135 Å². The molecule has 0 aliphatic rings. The van der Waals surface area contributed by atoms with Crippen molar-refractivity contribution in [2.24, 2.45) is 0 Å². The van der Waals surface area contributed by atoms with E-state index in [1.807, 2.05) is 35.4 Å². The molecule has 3 aromatic rings. The molecule has 0 aliphatic heterocycles. The molecule has 2 aromatic carbocycles. The van der Waals surface area contributed by atoms with Gasteiger partial charge in [-0.3, -0.25) is 4.79 Å². The van der Waals surface area contributed by atoms with Crippen LogP contribution in [-0.2, 0) is 0 Å². The van der Waals surface area contributed by atoms with Crippen molar-refractivity contribution in [1.82, 2.24) is 0 Å². The molecule has 0 saturated heterocycles. The van der Waals surface area contributed by atoms with Crippen molar-refractivity contribution < 1.29 is 4.79 Å². The average molecular weight is 309 g/mol. The first kappa shape index (κ1) is 14.8. The summed E-state index contributed by atoms with van der Waals surface area (Å²) in [5, 5.41) is 3.02. The molecule has 1 heterocycles. The molecule has 0 aliphatic carbocycles. The molecular weight excluding hydrogens is 290 g/mol. The predicted molar refractivity (Wildman–Crippen MR) is 95.1 cm³/mol. The lowest BCUT2D eigenvalue weighted by molar-refractivity contribution is 0.0990. The van der Waals surface area contributed by atoms with E-state index in [9.17, 15) is 4.79 Å². The second-order valence-corrected chi connectivity index (χ2v) is 6.40. The number of benzene rings is 2. The Morgan fingerprint density at radius 2 is 1.91 bits per heavy atom. The van der Waals surface area contributed by atoms with Gasteiger partial charge in [0.25, 0.3) is 5.91 Å². The number of hydrogen-bond acceptors (Lipinski definition) is 2. The van der Waals surface area contributed by atoms with Crippen LogP contribution in [0.15, 0.2) is 47.8 Å².